The molecule has 0 radical (unpaired) electrons. The number of nitrogens with one attached hydrogen (secondary N) is 1. The van der Waals surface area contributed by atoms with E-state index in [1.807, 2.05) is 30.3 Å². The Morgan fingerprint density at radius 2 is 1.89 bits per heavy atom. The van der Waals surface area contributed by atoms with Gasteiger partial charge in [-0.3, -0.25) is 0 Å². The van der Waals surface area contributed by atoms with Crippen LogP contribution in [0.2, 0.25) is 0 Å². The average molecular weight is 254 g/mol. The van der Waals surface area contributed by atoms with Gasteiger partial charge in [0.05, 0.1) is 0 Å². The van der Waals surface area contributed by atoms with Gasteiger partial charge in [0.25, 0.3) is 5.95 Å². The normalized spacial score (nSPS) is 10.3. The summed E-state index contributed by atoms with van der Waals surface area (Å²) in [6, 6.07) is 9.54. The molecule has 0 unspecified atom stereocenters. The van der Waals surface area contributed by atoms with Gasteiger partial charge in [-0.15, -0.1) is 0 Å². The topological polar surface area (TPSA) is 107 Å². The van der Waals surface area contributed by atoms with Gasteiger partial charge >= 0.3 is 0 Å². The van der Waals surface area contributed by atoms with Gasteiger partial charge in [-0.2, -0.15) is 24.7 Å². The minimum absolute atomic E-state index is 0.110. The first-order valence-electron chi connectivity index (χ1n) is 5.50. The van der Waals surface area contributed by atoms with Crippen LogP contribution in [0.3, 0.4) is 0 Å². The molecule has 0 aliphatic rings. The lowest BCUT2D eigenvalue weighted by atomic mass is 10.3. The van der Waals surface area contributed by atoms with Crippen molar-refractivity contribution >= 4 is 17.6 Å². The molecule has 3 aromatic rings. The van der Waals surface area contributed by atoms with E-state index < -0.39 is 0 Å². The van der Waals surface area contributed by atoms with Crippen LogP contribution >= 0.6 is 0 Å². The van der Waals surface area contributed by atoms with Crippen molar-refractivity contribution in [3.63, 3.8) is 0 Å². The molecule has 0 aliphatic carbocycles. The maximum Gasteiger partial charge on any atom is 0.258 e. The molecule has 0 saturated carbocycles. The van der Waals surface area contributed by atoms with Gasteiger partial charge < -0.3 is 11.1 Å². The van der Waals surface area contributed by atoms with Crippen LogP contribution in [0.1, 0.15) is 0 Å². The van der Waals surface area contributed by atoms with E-state index in [0.717, 1.165) is 5.69 Å². The highest BCUT2D eigenvalue weighted by atomic mass is 15.4. The fourth-order valence-corrected chi connectivity index (χ4v) is 1.50. The molecule has 2 heterocycles. The Labute approximate surface area is 108 Å². The van der Waals surface area contributed by atoms with Crippen molar-refractivity contribution in [1.82, 2.24) is 29.7 Å². The quantitative estimate of drug-likeness (QED) is 0.711. The molecular weight excluding hydrogens is 244 g/mol. The van der Waals surface area contributed by atoms with E-state index >= 15 is 0 Å². The van der Waals surface area contributed by atoms with E-state index in [9.17, 15) is 0 Å². The van der Waals surface area contributed by atoms with E-state index in [1.54, 1.807) is 0 Å². The predicted octanol–water partition coefficient (Wildman–Crippen LogP) is 0.778. The molecule has 8 nitrogen and oxygen atoms in total. The predicted molar refractivity (Wildman–Crippen MR) is 68.9 cm³/mol. The molecule has 0 saturated heterocycles. The van der Waals surface area contributed by atoms with Crippen LogP contribution in [0.15, 0.2) is 43.0 Å². The van der Waals surface area contributed by atoms with Gasteiger partial charge in [-0.05, 0) is 12.1 Å². The highest BCUT2D eigenvalue weighted by Crippen LogP contribution is 2.13. The van der Waals surface area contributed by atoms with E-state index in [2.05, 4.69) is 30.4 Å². The largest absolute Gasteiger partial charge is 0.368 e. The van der Waals surface area contributed by atoms with Crippen LogP contribution in [-0.4, -0.2) is 29.7 Å². The average Bonchev–Trinajstić information content (AvgIpc) is 2.93. The Balaban J connectivity index is 1.94. The number of nitrogen functional groups attached to an aromatic ring is 1. The second-order valence-corrected chi connectivity index (χ2v) is 3.65. The zero-order chi connectivity index (χ0) is 13.1. The van der Waals surface area contributed by atoms with Crippen LogP contribution in [0.5, 0.6) is 0 Å². The lowest BCUT2D eigenvalue weighted by Crippen LogP contribution is -2.09. The number of rotatable bonds is 3. The molecule has 0 bridgehead atoms. The van der Waals surface area contributed by atoms with Crippen molar-refractivity contribution < 1.29 is 0 Å². The van der Waals surface area contributed by atoms with Gasteiger partial charge in [0.15, 0.2) is 0 Å². The first kappa shape index (κ1) is 11.1. The molecule has 1 aromatic carbocycles. The fourth-order valence-electron chi connectivity index (χ4n) is 1.50. The van der Waals surface area contributed by atoms with Crippen molar-refractivity contribution in [2.45, 2.75) is 0 Å². The molecule has 94 valence electrons. The highest BCUT2D eigenvalue weighted by Gasteiger charge is 2.06. The summed E-state index contributed by atoms with van der Waals surface area (Å²) in [5.74, 6) is 0.770. The summed E-state index contributed by atoms with van der Waals surface area (Å²) in [7, 11) is 0. The summed E-state index contributed by atoms with van der Waals surface area (Å²) in [4.78, 5) is 16.1. The van der Waals surface area contributed by atoms with E-state index in [4.69, 9.17) is 5.73 Å². The minimum atomic E-state index is 0.110. The monoisotopic (exact) mass is 254 g/mol. The fraction of sp³-hybridized carbons (Fsp3) is 0. The first-order valence-corrected chi connectivity index (χ1v) is 5.50. The number of hydrogen-bond acceptors (Lipinski definition) is 7. The van der Waals surface area contributed by atoms with Gasteiger partial charge in [0.1, 0.15) is 12.7 Å². The summed E-state index contributed by atoms with van der Waals surface area (Å²) in [5, 5.41) is 6.99. The van der Waals surface area contributed by atoms with Crippen molar-refractivity contribution in [3.05, 3.63) is 43.0 Å². The molecular formula is C11H10N8. The second-order valence-electron chi connectivity index (χ2n) is 3.65. The Kier molecular flexibility index (Phi) is 2.73. The van der Waals surface area contributed by atoms with Gasteiger partial charge in [0.2, 0.25) is 11.9 Å². The SMILES string of the molecule is Nc1nc(Nc2ccccc2)nc(-n2cncn2)n1. The molecule has 0 atom stereocenters. The highest BCUT2D eigenvalue weighted by molar-refractivity contribution is 5.53. The number of para-hydroxylation sites is 1. The van der Waals surface area contributed by atoms with Crippen molar-refractivity contribution in [2.24, 2.45) is 0 Å². The van der Waals surface area contributed by atoms with Crippen molar-refractivity contribution in [3.8, 4) is 5.95 Å². The zero-order valence-electron chi connectivity index (χ0n) is 9.80. The van der Waals surface area contributed by atoms with Crippen molar-refractivity contribution in [2.75, 3.05) is 11.1 Å². The third-order valence-corrected chi connectivity index (χ3v) is 2.29. The van der Waals surface area contributed by atoms with Crippen LogP contribution < -0.4 is 11.1 Å². The van der Waals surface area contributed by atoms with Crippen LogP contribution in [0.25, 0.3) is 5.95 Å². The molecule has 19 heavy (non-hydrogen) atoms. The van der Waals surface area contributed by atoms with Crippen LogP contribution in [0, 0.1) is 0 Å². The van der Waals surface area contributed by atoms with Gasteiger partial charge in [-0.1, -0.05) is 18.2 Å². The minimum Gasteiger partial charge on any atom is -0.368 e. The molecule has 3 N–H and O–H groups in total. The molecule has 2 aromatic heterocycles. The number of nitrogens with two attached hydrogens (primary N) is 1. The summed E-state index contributed by atoms with van der Waals surface area (Å²) >= 11 is 0. The Bertz CT molecular complexity index is 664. The third kappa shape index (κ3) is 2.46. The smallest absolute Gasteiger partial charge is 0.258 e. The standard InChI is InChI=1S/C11H10N8/c12-9-16-10(15-8-4-2-1-3-5-8)18-11(17-9)19-7-13-6-14-19/h1-7H,(H3,12,15,16,17,18). The van der Waals surface area contributed by atoms with E-state index in [1.165, 1.54) is 17.3 Å². The maximum absolute atomic E-state index is 5.66. The summed E-state index contributed by atoms with van der Waals surface area (Å²) in [6.45, 7) is 0. The molecule has 0 spiro atoms. The molecule has 8 heteroatoms. The van der Waals surface area contributed by atoms with E-state index in [-0.39, 0.29) is 5.95 Å². The number of nitrogens with zero attached hydrogens (tertiary/aromatic N) is 6. The third-order valence-electron chi connectivity index (χ3n) is 2.29. The summed E-state index contributed by atoms with van der Waals surface area (Å²) < 4.78 is 1.41. The van der Waals surface area contributed by atoms with E-state index in [0.29, 0.717) is 11.9 Å². The molecule has 3 rings (SSSR count). The maximum atomic E-state index is 5.66. The lowest BCUT2D eigenvalue weighted by Gasteiger charge is -2.06. The molecule has 0 aliphatic heterocycles. The van der Waals surface area contributed by atoms with Gasteiger partial charge in [0, 0.05) is 5.69 Å². The van der Waals surface area contributed by atoms with Crippen LogP contribution in [0.4, 0.5) is 17.6 Å². The Morgan fingerprint density at radius 3 is 2.63 bits per heavy atom. The molecule has 0 amide bonds. The van der Waals surface area contributed by atoms with Crippen LogP contribution in [-0.2, 0) is 0 Å². The van der Waals surface area contributed by atoms with Crippen molar-refractivity contribution in [1.29, 1.82) is 0 Å². The number of hydrogen-bond donors (Lipinski definition) is 2. The number of benzene rings is 1. The van der Waals surface area contributed by atoms with Gasteiger partial charge in [-0.25, -0.2) is 4.98 Å². The summed E-state index contributed by atoms with van der Waals surface area (Å²) in [6.07, 6.45) is 2.88. The Morgan fingerprint density at radius 1 is 1.05 bits per heavy atom. The zero-order valence-corrected chi connectivity index (χ0v) is 9.80. The molecule has 0 fully saturated rings. The Hall–Kier alpha value is -3.03. The first-order chi connectivity index (χ1) is 9.31. The second kappa shape index (κ2) is 4.69. The number of anilines is 3. The number of aromatic nitrogens is 6. The lowest BCUT2D eigenvalue weighted by molar-refractivity contribution is 0.800. The summed E-state index contributed by atoms with van der Waals surface area (Å²) in [5.41, 5.74) is 6.51.